The molecule has 0 heterocycles. The fraction of sp³-hybridized carbons (Fsp3) is 0.562. The van der Waals surface area contributed by atoms with Crippen molar-refractivity contribution in [3.63, 3.8) is 0 Å². The van der Waals surface area contributed by atoms with Crippen molar-refractivity contribution in [2.24, 2.45) is 11.7 Å². The molecule has 1 aromatic carbocycles. The summed E-state index contributed by atoms with van der Waals surface area (Å²) >= 11 is 0. The SMILES string of the molecule is COc1ccccc1CN(C(=O)[C@@H](N)C(C)C)C(C)C. The summed E-state index contributed by atoms with van der Waals surface area (Å²) in [5.74, 6) is 0.909. The number of rotatable bonds is 6. The number of hydrogen-bond donors (Lipinski definition) is 1. The zero-order valence-corrected chi connectivity index (χ0v) is 13.1. The first-order valence-corrected chi connectivity index (χ1v) is 7.06. The topological polar surface area (TPSA) is 55.6 Å². The first-order chi connectivity index (χ1) is 9.38. The lowest BCUT2D eigenvalue weighted by atomic mass is 10.0. The Bertz CT molecular complexity index is 444. The standard InChI is InChI=1S/C16H26N2O2/c1-11(2)15(17)16(19)18(12(3)4)10-13-8-6-7-9-14(13)20-5/h6-9,11-12,15H,10,17H2,1-5H3/t15-/m0/s1. The second-order valence-electron chi connectivity index (χ2n) is 5.64. The normalized spacial score (nSPS) is 12.6. The smallest absolute Gasteiger partial charge is 0.240 e. The van der Waals surface area contributed by atoms with Gasteiger partial charge in [-0.3, -0.25) is 4.79 Å². The molecule has 0 radical (unpaired) electrons. The minimum Gasteiger partial charge on any atom is -0.496 e. The molecule has 0 bridgehead atoms. The maximum Gasteiger partial charge on any atom is 0.240 e. The highest BCUT2D eigenvalue weighted by atomic mass is 16.5. The van der Waals surface area contributed by atoms with E-state index in [1.807, 2.05) is 56.9 Å². The molecule has 0 aliphatic carbocycles. The van der Waals surface area contributed by atoms with E-state index in [4.69, 9.17) is 10.5 Å². The number of nitrogens with two attached hydrogens (primary N) is 1. The highest BCUT2D eigenvalue weighted by molar-refractivity contribution is 5.82. The molecule has 0 aromatic heterocycles. The number of amides is 1. The van der Waals surface area contributed by atoms with Crippen molar-refractivity contribution in [1.82, 2.24) is 4.90 Å². The highest BCUT2D eigenvalue weighted by Crippen LogP contribution is 2.21. The van der Waals surface area contributed by atoms with Crippen LogP contribution in [-0.2, 0) is 11.3 Å². The van der Waals surface area contributed by atoms with Crippen LogP contribution in [0, 0.1) is 5.92 Å². The third-order valence-corrected chi connectivity index (χ3v) is 3.44. The van der Waals surface area contributed by atoms with Crippen molar-refractivity contribution in [3.8, 4) is 5.75 Å². The first kappa shape index (κ1) is 16.5. The molecule has 0 aliphatic rings. The molecular weight excluding hydrogens is 252 g/mol. The van der Waals surface area contributed by atoms with Gasteiger partial charge in [-0.05, 0) is 25.8 Å². The summed E-state index contributed by atoms with van der Waals surface area (Å²) in [6, 6.07) is 7.38. The van der Waals surface area contributed by atoms with E-state index < -0.39 is 6.04 Å². The van der Waals surface area contributed by atoms with Gasteiger partial charge in [0.2, 0.25) is 5.91 Å². The van der Waals surface area contributed by atoms with E-state index in [0.29, 0.717) is 6.54 Å². The van der Waals surface area contributed by atoms with E-state index in [-0.39, 0.29) is 17.9 Å². The Morgan fingerprint density at radius 1 is 1.25 bits per heavy atom. The average molecular weight is 278 g/mol. The van der Waals surface area contributed by atoms with Crippen LogP contribution in [0.25, 0.3) is 0 Å². The molecule has 0 unspecified atom stereocenters. The molecule has 0 fully saturated rings. The Labute approximate surface area is 121 Å². The number of ether oxygens (including phenoxy) is 1. The molecule has 0 saturated heterocycles. The van der Waals surface area contributed by atoms with Gasteiger partial charge >= 0.3 is 0 Å². The van der Waals surface area contributed by atoms with Gasteiger partial charge in [0.1, 0.15) is 5.75 Å². The van der Waals surface area contributed by atoms with Gasteiger partial charge < -0.3 is 15.4 Å². The number of nitrogens with zero attached hydrogens (tertiary/aromatic N) is 1. The molecule has 0 spiro atoms. The summed E-state index contributed by atoms with van der Waals surface area (Å²) in [6.07, 6.45) is 0. The largest absolute Gasteiger partial charge is 0.496 e. The van der Waals surface area contributed by atoms with Gasteiger partial charge in [-0.15, -0.1) is 0 Å². The van der Waals surface area contributed by atoms with Crippen molar-refractivity contribution in [1.29, 1.82) is 0 Å². The van der Waals surface area contributed by atoms with Crippen LogP contribution in [0.3, 0.4) is 0 Å². The maximum absolute atomic E-state index is 12.5. The Morgan fingerprint density at radius 3 is 2.35 bits per heavy atom. The van der Waals surface area contributed by atoms with Crippen LogP contribution in [0.5, 0.6) is 5.75 Å². The molecule has 112 valence electrons. The lowest BCUT2D eigenvalue weighted by Crippen LogP contribution is -2.48. The summed E-state index contributed by atoms with van der Waals surface area (Å²) in [5, 5.41) is 0. The fourth-order valence-corrected chi connectivity index (χ4v) is 2.01. The molecule has 0 saturated carbocycles. The summed E-state index contributed by atoms with van der Waals surface area (Å²) in [4.78, 5) is 14.3. The fourth-order valence-electron chi connectivity index (χ4n) is 2.01. The van der Waals surface area contributed by atoms with Gasteiger partial charge in [0.15, 0.2) is 0 Å². The number of carbonyl (C=O) groups is 1. The van der Waals surface area contributed by atoms with Gasteiger partial charge in [0.25, 0.3) is 0 Å². The summed E-state index contributed by atoms with van der Waals surface area (Å²) in [7, 11) is 1.64. The summed E-state index contributed by atoms with van der Waals surface area (Å²) in [5.41, 5.74) is 6.99. The van der Waals surface area contributed by atoms with Crippen LogP contribution < -0.4 is 10.5 Å². The first-order valence-electron chi connectivity index (χ1n) is 7.06. The van der Waals surface area contributed by atoms with Crippen LogP contribution in [0.15, 0.2) is 24.3 Å². The minimum atomic E-state index is -0.466. The Kier molecular flexibility index (Phi) is 6.02. The van der Waals surface area contributed by atoms with Crippen molar-refractivity contribution in [3.05, 3.63) is 29.8 Å². The molecule has 0 aliphatic heterocycles. The van der Waals surface area contributed by atoms with E-state index in [0.717, 1.165) is 11.3 Å². The van der Waals surface area contributed by atoms with Gasteiger partial charge in [-0.25, -0.2) is 0 Å². The average Bonchev–Trinajstić information content (AvgIpc) is 2.43. The van der Waals surface area contributed by atoms with Crippen LogP contribution >= 0.6 is 0 Å². The molecule has 1 rings (SSSR count). The number of benzene rings is 1. The van der Waals surface area contributed by atoms with Crippen LogP contribution in [-0.4, -0.2) is 30.0 Å². The molecule has 4 heteroatoms. The quantitative estimate of drug-likeness (QED) is 0.869. The number of hydrogen-bond acceptors (Lipinski definition) is 3. The van der Waals surface area contributed by atoms with Crippen molar-refractivity contribution in [2.75, 3.05) is 7.11 Å². The van der Waals surface area contributed by atoms with Crippen molar-refractivity contribution >= 4 is 5.91 Å². The van der Waals surface area contributed by atoms with E-state index >= 15 is 0 Å². The van der Waals surface area contributed by atoms with E-state index in [2.05, 4.69) is 0 Å². The molecule has 4 nitrogen and oxygen atoms in total. The van der Waals surface area contributed by atoms with Crippen LogP contribution in [0.4, 0.5) is 0 Å². The second-order valence-corrected chi connectivity index (χ2v) is 5.64. The van der Waals surface area contributed by atoms with E-state index in [9.17, 15) is 4.79 Å². The molecule has 1 amide bonds. The molecule has 1 atom stereocenters. The van der Waals surface area contributed by atoms with Gasteiger partial charge in [-0.1, -0.05) is 32.0 Å². The maximum atomic E-state index is 12.5. The lowest BCUT2D eigenvalue weighted by Gasteiger charge is -2.31. The minimum absolute atomic E-state index is 0.0130. The van der Waals surface area contributed by atoms with E-state index in [1.54, 1.807) is 7.11 Å². The second kappa shape index (κ2) is 7.29. The van der Waals surface area contributed by atoms with Crippen LogP contribution in [0.1, 0.15) is 33.3 Å². The molecule has 2 N–H and O–H groups in total. The number of methoxy groups -OCH3 is 1. The Hall–Kier alpha value is -1.55. The zero-order chi connectivity index (χ0) is 15.3. The predicted octanol–water partition coefficient (Wildman–Crippen LogP) is 2.42. The van der Waals surface area contributed by atoms with Crippen LogP contribution in [0.2, 0.25) is 0 Å². The predicted molar refractivity (Wildman–Crippen MR) is 81.5 cm³/mol. The third-order valence-electron chi connectivity index (χ3n) is 3.44. The lowest BCUT2D eigenvalue weighted by molar-refractivity contribution is -0.136. The molecule has 20 heavy (non-hydrogen) atoms. The Balaban J connectivity index is 2.96. The van der Waals surface area contributed by atoms with Gasteiger partial charge in [-0.2, -0.15) is 0 Å². The summed E-state index contributed by atoms with van der Waals surface area (Å²) < 4.78 is 5.34. The van der Waals surface area contributed by atoms with Crippen molar-refractivity contribution < 1.29 is 9.53 Å². The zero-order valence-electron chi connectivity index (χ0n) is 13.1. The number of carbonyl (C=O) groups excluding carboxylic acids is 1. The monoisotopic (exact) mass is 278 g/mol. The van der Waals surface area contributed by atoms with Gasteiger partial charge in [0, 0.05) is 18.2 Å². The third kappa shape index (κ3) is 3.97. The summed E-state index contributed by atoms with van der Waals surface area (Å²) in [6.45, 7) is 8.44. The van der Waals surface area contributed by atoms with Crippen molar-refractivity contribution in [2.45, 2.75) is 46.3 Å². The number of para-hydroxylation sites is 1. The molecular formula is C16H26N2O2. The molecule has 1 aromatic rings. The van der Waals surface area contributed by atoms with Gasteiger partial charge in [0.05, 0.1) is 13.2 Å². The van der Waals surface area contributed by atoms with E-state index in [1.165, 1.54) is 0 Å². The Morgan fingerprint density at radius 2 is 1.85 bits per heavy atom. The highest BCUT2D eigenvalue weighted by Gasteiger charge is 2.26.